The van der Waals surface area contributed by atoms with Crippen molar-refractivity contribution in [3.8, 4) is 0 Å². The molecule has 7 heteroatoms. The van der Waals surface area contributed by atoms with Gasteiger partial charge in [0.05, 0.1) is 12.7 Å². The number of benzene rings is 2. The molecule has 148 valence electrons. The molecular weight excluding hydrogens is 368 g/mol. The Balaban J connectivity index is 1.84. The minimum Gasteiger partial charge on any atom is -0.465 e. The summed E-state index contributed by atoms with van der Waals surface area (Å²) < 4.78 is 4.71. The van der Waals surface area contributed by atoms with Gasteiger partial charge in [-0.05, 0) is 56.2 Å². The summed E-state index contributed by atoms with van der Waals surface area (Å²) in [5.74, 6) is -0.531. The van der Waals surface area contributed by atoms with Gasteiger partial charge in [0.2, 0.25) is 5.95 Å². The van der Waals surface area contributed by atoms with Gasteiger partial charge in [-0.3, -0.25) is 4.79 Å². The second-order valence-corrected chi connectivity index (χ2v) is 6.64. The number of carbonyl (C=O) groups excluding carboxylic acids is 2. The summed E-state index contributed by atoms with van der Waals surface area (Å²) in [6, 6.07) is 14.1. The summed E-state index contributed by atoms with van der Waals surface area (Å²) in [7, 11) is 1.31. The zero-order valence-corrected chi connectivity index (χ0v) is 16.7. The van der Waals surface area contributed by atoms with Crippen LogP contribution >= 0.6 is 0 Å². The van der Waals surface area contributed by atoms with Crippen LogP contribution in [-0.4, -0.2) is 29.0 Å². The number of aryl methyl sites for hydroxylation is 3. The summed E-state index contributed by atoms with van der Waals surface area (Å²) >= 11 is 0. The van der Waals surface area contributed by atoms with Crippen LogP contribution < -0.4 is 10.6 Å². The molecule has 0 unspecified atom stereocenters. The lowest BCUT2D eigenvalue weighted by Crippen LogP contribution is -2.16. The van der Waals surface area contributed by atoms with E-state index < -0.39 is 11.9 Å². The van der Waals surface area contributed by atoms with E-state index >= 15 is 0 Å². The quantitative estimate of drug-likeness (QED) is 0.635. The first-order chi connectivity index (χ1) is 13.9. The molecule has 0 saturated heterocycles. The highest BCUT2D eigenvalue weighted by Crippen LogP contribution is 2.23. The maximum absolute atomic E-state index is 12.7. The first kappa shape index (κ1) is 20.0. The first-order valence-corrected chi connectivity index (χ1v) is 9.06. The van der Waals surface area contributed by atoms with Crippen LogP contribution in [0.25, 0.3) is 0 Å². The van der Waals surface area contributed by atoms with E-state index in [1.54, 1.807) is 37.3 Å². The molecule has 0 aliphatic heterocycles. The summed E-state index contributed by atoms with van der Waals surface area (Å²) in [5.41, 5.74) is 4.72. The lowest BCUT2D eigenvalue weighted by molar-refractivity contribution is 0.0600. The Hall–Kier alpha value is -3.74. The highest BCUT2D eigenvalue weighted by molar-refractivity contribution is 6.03. The summed E-state index contributed by atoms with van der Waals surface area (Å²) in [6.07, 6.45) is 0. The van der Waals surface area contributed by atoms with Crippen molar-refractivity contribution in [1.82, 2.24) is 9.97 Å². The minimum atomic E-state index is -0.473. The van der Waals surface area contributed by atoms with E-state index in [0.29, 0.717) is 22.9 Å². The summed E-state index contributed by atoms with van der Waals surface area (Å²) in [4.78, 5) is 33.1. The number of rotatable bonds is 5. The van der Waals surface area contributed by atoms with Crippen LogP contribution in [0.3, 0.4) is 0 Å². The minimum absolute atomic E-state index is 0.217. The molecule has 7 nitrogen and oxygen atoms in total. The average molecular weight is 390 g/mol. The number of hydrogen-bond donors (Lipinski definition) is 2. The molecule has 3 rings (SSSR count). The van der Waals surface area contributed by atoms with E-state index in [1.807, 2.05) is 32.0 Å². The van der Waals surface area contributed by atoms with Gasteiger partial charge in [-0.15, -0.1) is 0 Å². The number of para-hydroxylation sites is 1. The second-order valence-electron chi connectivity index (χ2n) is 6.64. The highest BCUT2D eigenvalue weighted by Gasteiger charge is 2.14. The van der Waals surface area contributed by atoms with Gasteiger partial charge in [0.1, 0.15) is 5.69 Å². The highest BCUT2D eigenvalue weighted by atomic mass is 16.5. The van der Waals surface area contributed by atoms with Crippen LogP contribution in [-0.2, 0) is 4.74 Å². The molecule has 3 aromatic rings. The van der Waals surface area contributed by atoms with Crippen LogP contribution in [0, 0.1) is 20.8 Å². The predicted octanol–water partition coefficient (Wildman–Crippen LogP) is 4.18. The third-order valence-corrected chi connectivity index (χ3v) is 4.35. The molecule has 1 heterocycles. The van der Waals surface area contributed by atoms with Gasteiger partial charge >= 0.3 is 5.97 Å². The van der Waals surface area contributed by atoms with Gasteiger partial charge in [0, 0.05) is 17.1 Å². The third kappa shape index (κ3) is 4.76. The van der Waals surface area contributed by atoms with Crippen LogP contribution in [0.4, 0.5) is 17.3 Å². The molecule has 29 heavy (non-hydrogen) atoms. The van der Waals surface area contributed by atoms with Crippen LogP contribution in [0.5, 0.6) is 0 Å². The number of amides is 1. The molecule has 1 aromatic heterocycles. The predicted molar refractivity (Wildman–Crippen MR) is 112 cm³/mol. The fraction of sp³-hybridized carbons (Fsp3) is 0.182. The van der Waals surface area contributed by atoms with Crippen molar-refractivity contribution >= 4 is 29.2 Å². The number of nitrogens with one attached hydrogen (secondary N) is 2. The molecular formula is C22H22N4O3. The largest absolute Gasteiger partial charge is 0.465 e. The van der Waals surface area contributed by atoms with Gasteiger partial charge in [-0.1, -0.05) is 24.3 Å². The fourth-order valence-electron chi connectivity index (χ4n) is 2.90. The Bertz CT molecular complexity index is 1060. The number of esters is 1. The monoisotopic (exact) mass is 390 g/mol. The van der Waals surface area contributed by atoms with Crippen molar-refractivity contribution in [1.29, 1.82) is 0 Å². The zero-order valence-electron chi connectivity index (χ0n) is 16.7. The van der Waals surface area contributed by atoms with Gasteiger partial charge in [-0.2, -0.15) is 0 Å². The summed E-state index contributed by atoms with van der Waals surface area (Å²) in [6.45, 7) is 5.78. The molecule has 0 aliphatic carbocycles. The van der Waals surface area contributed by atoms with Gasteiger partial charge in [-0.25, -0.2) is 14.8 Å². The molecule has 0 bridgehead atoms. The van der Waals surface area contributed by atoms with Crippen molar-refractivity contribution in [2.45, 2.75) is 20.8 Å². The summed E-state index contributed by atoms with van der Waals surface area (Å²) in [5, 5.41) is 5.96. The lowest BCUT2D eigenvalue weighted by atomic mass is 10.1. The molecule has 0 spiro atoms. The molecule has 0 aliphatic rings. The third-order valence-electron chi connectivity index (χ3n) is 4.35. The molecule has 1 amide bonds. The Morgan fingerprint density at radius 1 is 0.931 bits per heavy atom. The Morgan fingerprint density at radius 3 is 2.31 bits per heavy atom. The Morgan fingerprint density at radius 2 is 1.62 bits per heavy atom. The van der Waals surface area contributed by atoms with Crippen molar-refractivity contribution in [3.05, 3.63) is 76.6 Å². The number of carbonyl (C=O) groups is 2. The number of ether oxygens (including phenoxy) is 1. The van der Waals surface area contributed by atoms with E-state index in [1.165, 1.54) is 7.11 Å². The smallest absolute Gasteiger partial charge is 0.337 e. The standard InChI is InChI=1S/C22H22N4O3/c1-13-7-5-8-14(2)19(13)26-22-23-15(3)11-18(25-22)20(27)24-17-10-6-9-16(12-17)21(28)29-4/h5-12H,1-4H3,(H,24,27)(H,23,25,26). The molecule has 2 aromatic carbocycles. The van der Waals surface area contributed by atoms with E-state index in [4.69, 9.17) is 4.74 Å². The van der Waals surface area contributed by atoms with Crippen molar-refractivity contribution in [2.75, 3.05) is 17.7 Å². The Labute approximate surface area is 169 Å². The molecule has 2 N–H and O–H groups in total. The number of methoxy groups -OCH3 is 1. The van der Waals surface area contributed by atoms with Gasteiger partial charge in [0.25, 0.3) is 5.91 Å². The van der Waals surface area contributed by atoms with Crippen molar-refractivity contribution in [3.63, 3.8) is 0 Å². The van der Waals surface area contributed by atoms with Gasteiger partial charge < -0.3 is 15.4 Å². The van der Waals surface area contributed by atoms with E-state index in [-0.39, 0.29) is 5.69 Å². The number of aromatic nitrogens is 2. The van der Waals surface area contributed by atoms with Crippen LogP contribution in [0.1, 0.15) is 37.7 Å². The molecule has 0 saturated carbocycles. The van der Waals surface area contributed by atoms with E-state index in [0.717, 1.165) is 16.8 Å². The molecule has 0 fully saturated rings. The second kappa shape index (κ2) is 8.52. The van der Waals surface area contributed by atoms with Crippen molar-refractivity contribution < 1.29 is 14.3 Å². The normalized spacial score (nSPS) is 10.3. The SMILES string of the molecule is COC(=O)c1cccc(NC(=O)c2cc(C)nc(Nc3c(C)cccc3C)n2)c1. The number of anilines is 3. The van der Waals surface area contributed by atoms with E-state index in [2.05, 4.69) is 20.6 Å². The van der Waals surface area contributed by atoms with Crippen molar-refractivity contribution in [2.24, 2.45) is 0 Å². The van der Waals surface area contributed by atoms with Crippen LogP contribution in [0.15, 0.2) is 48.5 Å². The number of nitrogens with zero attached hydrogens (tertiary/aromatic N) is 2. The van der Waals surface area contributed by atoms with Crippen LogP contribution in [0.2, 0.25) is 0 Å². The van der Waals surface area contributed by atoms with E-state index in [9.17, 15) is 9.59 Å². The topological polar surface area (TPSA) is 93.2 Å². The lowest BCUT2D eigenvalue weighted by Gasteiger charge is -2.13. The average Bonchev–Trinajstić information content (AvgIpc) is 2.70. The first-order valence-electron chi connectivity index (χ1n) is 9.06. The molecule has 0 radical (unpaired) electrons. The van der Waals surface area contributed by atoms with Gasteiger partial charge in [0.15, 0.2) is 0 Å². The Kier molecular flexibility index (Phi) is 5.87. The maximum atomic E-state index is 12.7. The number of hydrogen-bond acceptors (Lipinski definition) is 6. The zero-order chi connectivity index (χ0) is 21.0. The maximum Gasteiger partial charge on any atom is 0.337 e. The molecule has 0 atom stereocenters. The fourth-order valence-corrected chi connectivity index (χ4v) is 2.90.